The van der Waals surface area contributed by atoms with Crippen LogP contribution in [0.25, 0.3) is 0 Å². The molecule has 2 aromatic rings. The first kappa shape index (κ1) is 19.0. The van der Waals surface area contributed by atoms with E-state index in [0.717, 1.165) is 45.1 Å². The summed E-state index contributed by atoms with van der Waals surface area (Å²) in [5.74, 6) is 1.26. The summed E-state index contributed by atoms with van der Waals surface area (Å²) in [4.78, 5) is 35.8. The molecule has 1 fully saturated rings. The number of hydrogen-bond acceptors (Lipinski definition) is 8. The topological polar surface area (TPSA) is 90.4 Å². The second kappa shape index (κ2) is 9.22. The van der Waals surface area contributed by atoms with Crippen molar-refractivity contribution in [2.24, 2.45) is 0 Å². The number of rotatable bonds is 7. The SMILES string of the molecule is CN(C)CCCNC(=O)c1cnc(N2CCN(c3ncccn3)CC2)nc1. The van der Waals surface area contributed by atoms with Crippen molar-refractivity contribution in [3.63, 3.8) is 0 Å². The number of carbonyl (C=O) groups excluding carboxylic acids is 1. The van der Waals surface area contributed by atoms with Gasteiger partial charge in [0.1, 0.15) is 0 Å². The molecule has 0 aromatic carbocycles. The van der Waals surface area contributed by atoms with Gasteiger partial charge in [0.2, 0.25) is 11.9 Å². The van der Waals surface area contributed by atoms with Crippen molar-refractivity contribution < 1.29 is 4.79 Å². The van der Waals surface area contributed by atoms with E-state index in [1.54, 1.807) is 24.8 Å². The minimum atomic E-state index is -0.133. The van der Waals surface area contributed by atoms with Crippen LogP contribution in [0.15, 0.2) is 30.9 Å². The molecule has 1 aliphatic heterocycles. The van der Waals surface area contributed by atoms with Crippen LogP contribution in [-0.4, -0.2) is 84.1 Å². The van der Waals surface area contributed by atoms with E-state index in [0.29, 0.717) is 18.1 Å². The maximum absolute atomic E-state index is 12.1. The Morgan fingerprint density at radius 3 is 2.11 bits per heavy atom. The van der Waals surface area contributed by atoms with Crippen molar-refractivity contribution in [3.05, 3.63) is 36.4 Å². The number of hydrogen-bond donors (Lipinski definition) is 1. The molecule has 9 heteroatoms. The van der Waals surface area contributed by atoms with Gasteiger partial charge >= 0.3 is 0 Å². The van der Waals surface area contributed by atoms with E-state index < -0.39 is 0 Å². The van der Waals surface area contributed by atoms with E-state index in [2.05, 4.69) is 40.0 Å². The molecule has 3 rings (SSSR count). The first-order chi connectivity index (χ1) is 13.1. The average molecular weight is 370 g/mol. The van der Waals surface area contributed by atoms with Crippen LogP contribution in [0.3, 0.4) is 0 Å². The van der Waals surface area contributed by atoms with Gasteiger partial charge in [0.25, 0.3) is 5.91 Å². The summed E-state index contributed by atoms with van der Waals surface area (Å²) < 4.78 is 0. The fourth-order valence-corrected chi connectivity index (χ4v) is 2.86. The second-order valence-electron chi connectivity index (χ2n) is 6.71. The summed E-state index contributed by atoms with van der Waals surface area (Å²) in [7, 11) is 4.03. The lowest BCUT2D eigenvalue weighted by Gasteiger charge is -2.34. The van der Waals surface area contributed by atoms with E-state index in [1.807, 2.05) is 20.2 Å². The molecule has 0 bridgehead atoms. The van der Waals surface area contributed by atoms with Crippen LogP contribution in [0.2, 0.25) is 0 Å². The number of carbonyl (C=O) groups is 1. The highest BCUT2D eigenvalue weighted by Gasteiger charge is 2.20. The molecule has 0 atom stereocenters. The Hall–Kier alpha value is -2.81. The Morgan fingerprint density at radius 1 is 1.00 bits per heavy atom. The number of piperazine rings is 1. The third-order valence-electron chi connectivity index (χ3n) is 4.37. The largest absolute Gasteiger partial charge is 0.352 e. The zero-order valence-corrected chi connectivity index (χ0v) is 15.9. The average Bonchev–Trinajstić information content (AvgIpc) is 2.72. The van der Waals surface area contributed by atoms with Crippen molar-refractivity contribution in [2.45, 2.75) is 6.42 Å². The van der Waals surface area contributed by atoms with Crippen LogP contribution in [0.1, 0.15) is 16.8 Å². The highest BCUT2D eigenvalue weighted by molar-refractivity contribution is 5.93. The molecule has 0 unspecified atom stereocenters. The van der Waals surface area contributed by atoms with Gasteiger partial charge in [0.15, 0.2) is 0 Å². The normalized spacial score (nSPS) is 14.5. The van der Waals surface area contributed by atoms with Crippen LogP contribution in [-0.2, 0) is 0 Å². The Balaban J connectivity index is 1.48. The first-order valence-electron chi connectivity index (χ1n) is 9.15. The summed E-state index contributed by atoms with van der Waals surface area (Å²) in [5, 5.41) is 2.90. The maximum atomic E-state index is 12.1. The van der Waals surface area contributed by atoms with Gasteiger partial charge in [-0.3, -0.25) is 4.79 Å². The Labute approximate surface area is 159 Å². The van der Waals surface area contributed by atoms with Crippen molar-refractivity contribution in [2.75, 3.05) is 63.2 Å². The predicted octanol–water partition coefficient (Wildman–Crippen LogP) is 0.275. The summed E-state index contributed by atoms with van der Waals surface area (Å²) in [5.41, 5.74) is 0.486. The number of nitrogens with one attached hydrogen (secondary N) is 1. The lowest BCUT2D eigenvalue weighted by atomic mass is 10.3. The summed E-state index contributed by atoms with van der Waals surface area (Å²) in [6.07, 6.45) is 7.60. The molecule has 0 spiro atoms. The molecule has 0 saturated carbocycles. The molecule has 3 heterocycles. The third kappa shape index (κ3) is 5.33. The van der Waals surface area contributed by atoms with E-state index in [-0.39, 0.29) is 5.91 Å². The minimum absolute atomic E-state index is 0.133. The fourth-order valence-electron chi connectivity index (χ4n) is 2.86. The molecule has 1 amide bonds. The third-order valence-corrected chi connectivity index (χ3v) is 4.37. The molecule has 0 aliphatic carbocycles. The van der Waals surface area contributed by atoms with Crippen LogP contribution < -0.4 is 15.1 Å². The molecule has 0 radical (unpaired) electrons. The summed E-state index contributed by atoms with van der Waals surface area (Å²) >= 11 is 0. The molecule has 1 N–H and O–H groups in total. The smallest absolute Gasteiger partial charge is 0.254 e. The first-order valence-corrected chi connectivity index (χ1v) is 9.15. The van der Waals surface area contributed by atoms with Crippen molar-refractivity contribution >= 4 is 17.8 Å². The van der Waals surface area contributed by atoms with E-state index in [9.17, 15) is 4.79 Å². The van der Waals surface area contributed by atoms with Gasteiger partial charge in [-0.1, -0.05) is 0 Å². The monoisotopic (exact) mass is 370 g/mol. The van der Waals surface area contributed by atoms with E-state index >= 15 is 0 Å². The molecule has 9 nitrogen and oxygen atoms in total. The van der Waals surface area contributed by atoms with Gasteiger partial charge in [-0.15, -0.1) is 0 Å². The van der Waals surface area contributed by atoms with Crippen LogP contribution in [0, 0.1) is 0 Å². The summed E-state index contributed by atoms with van der Waals surface area (Å²) in [6, 6.07) is 1.81. The zero-order chi connectivity index (χ0) is 19.1. The number of aromatic nitrogens is 4. The zero-order valence-electron chi connectivity index (χ0n) is 15.9. The molecule has 2 aromatic heterocycles. The second-order valence-corrected chi connectivity index (χ2v) is 6.71. The Bertz CT molecular complexity index is 714. The number of amides is 1. The van der Waals surface area contributed by atoms with Gasteiger partial charge < -0.3 is 20.0 Å². The Morgan fingerprint density at radius 2 is 1.56 bits per heavy atom. The van der Waals surface area contributed by atoms with Gasteiger partial charge in [-0.2, -0.15) is 0 Å². The Kier molecular flexibility index (Phi) is 6.48. The van der Waals surface area contributed by atoms with Gasteiger partial charge in [0.05, 0.1) is 5.56 Å². The van der Waals surface area contributed by atoms with Gasteiger partial charge in [-0.25, -0.2) is 19.9 Å². The molecule has 27 heavy (non-hydrogen) atoms. The molecular formula is C18H26N8O. The van der Waals surface area contributed by atoms with E-state index in [1.165, 1.54) is 0 Å². The molecular weight excluding hydrogens is 344 g/mol. The molecule has 1 saturated heterocycles. The molecule has 144 valence electrons. The fraction of sp³-hybridized carbons (Fsp3) is 0.500. The maximum Gasteiger partial charge on any atom is 0.254 e. The van der Waals surface area contributed by atoms with E-state index in [4.69, 9.17) is 0 Å². The van der Waals surface area contributed by atoms with Crippen LogP contribution >= 0.6 is 0 Å². The highest BCUT2D eigenvalue weighted by atomic mass is 16.1. The number of nitrogens with zero attached hydrogens (tertiary/aromatic N) is 7. The van der Waals surface area contributed by atoms with Gasteiger partial charge in [-0.05, 0) is 33.1 Å². The lowest BCUT2D eigenvalue weighted by Crippen LogP contribution is -2.47. The van der Waals surface area contributed by atoms with Crippen molar-refractivity contribution in [1.29, 1.82) is 0 Å². The molecule has 1 aliphatic rings. The lowest BCUT2D eigenvalue weighted by molar-refractivity contribution is 0.0951. The van der Waals surface area contributed by atoms with Gasteiger partial charge in [0, 0.05) is 57.5 Å². The summed E-state index contributed by atoms with van der Waals surface area (Å²) in [6.45, 7) is 4.77. The predicted molar refractivity (Wildman–Crippen MR) is 104 cm³/mol. The van der Waals surface area contributed by atoms with Crippen LogP contribution in [0.5, 0.6) is 0 Å². The minimum Gasteiger partial charge on any atom is -0.352 e. The highest BCUT2D eigenvalue weighted by Crippen LogP contribution is 2.14. The van der Waals surface area contributed by atoms with Crippen molar-refractivity contribution in [3.8, 4) is 0 Å². The quantitative estimate of drug-likeness (QED) is 0.695. The standard InChI is InChI=1S/C18H26N8O/c1-24(2)8-4-7-19-16(27)15-13-22-18(23-14-15)26-11-9-25(10-12-26)17-20-5-3-6-21-17/h3,5-6,13-14H,4,7-12H2,1-2H3,(H,19,27). The number of anilines is 2. The van der Waals surface area contributed by atoms with Crippen molar-refractivity contribution in [1.82, 2.24) is 30.2 Å². The van der Waals surface area contributed by atoms with Crippen LogP contribution in [0.4, 0.5) is 11.9 Å².